The van der Waals surface area contributed by atoms with Crippen molar-refractivity contribution in [2.24, 2.45) is 0 Å². The van der Waals surface area contributed by atoms with Crippen molar-refractivity contribution >= 4 is 17.4 Å². The van der Waals surface area contributed by atoms with Gasteiger partial charge in [0.2, 0.25) is 11.6 Å². The van der Waals surface area contributed by atoms with Crippen LogP contribution in [0.3, 0.4) is 0 Å². The maximum atomic E-state index is 11.6. The Labute approximate surface area is 128 Å². The normalized spacial score (nSPS) is 18.4. The molecule has 116 valence electrons. The van der Waals surface area contributed by atoms with E-state index in [0.29, 0.717) is 12.3 Å². The van der Waals surface area contributed by atoms with Crippen molar-refractivity contribution in [3.05, 3.63) is 18.2 Å². The highest BCUT2D eigenvalue weighted by atomic mass is 16.2. The molecular formula is C15H20N6O. The van der Waals surface area contributed by atoms with Crippen molar-refractivity contribution in [3.8, 4) is 0 Å². The predicted molar refractivity (Wildman–Crippen MR) is 81.7 cm³/mol. The molecule has 3 heterocycles. The summed E-state index contributed by atoms with van der Waals surface area (Å²) in [5.41, 5.74) is 0.793. The van der Waals surface area contributed by atoms with Crippen LogP contribution in [0.1, 0.15) is 43.8 Å². The molecule has 0 atom stereocenters. The van der Waals surface area contributed by atoms with E-state index in [1.54, 1.807) is 6.20 Å². The highest BCUT2D eigenvalue weighted by Gasteiger charge is 2.29. The first-order valence-corrected chi connectivity index (χ1v) is 8.04. The van der Waals surface area contributed by atoms with Crippen LogP contribution in [0.4, 0.5) is 5.82 Å². The van der Waals surface area contributed by atoms with Gasteiger partial charge in [-0.3, -0.25) is 9.20 Å². The first-order chi connectivity index (χ1) is 10.8. The number of anilines is 1. The second-order valence-electron chi connectivity index (χ2n) is 6.07. The monoisotopic (exact) mass is 300 g/mol. The lowest BCUT2D eigenvalue weighted by atomic mass is 10.3. The van der Waals surface area contributed by atoms with Crippen molar-refractivity contribution in [2.45, 2.75) is 38.0 Å². The number of carbonyl (C=O) groups excluding carboxylic acids is 1. The minimum absolute atomic E-state index is 0.284. The van der Waals surface area contributed by atoms with E-state index in [1.807, 2.05) is 15.5 Å². The van der Waals surface area contributed by atoms with Crippen molar-refractivity contribution in [1.82, 2.24) is 24.5 Å². The Bertz CT molecular complexity index is 692. The average Bonchev–Trinajstić information content (AvgIpc) is 3.15. The van der Waals surface area contributed by atoms with Gasteiger partial charge in [-0.25, -0.2) is 4.98 Å². The fourth-order valence-corrected chi connectivity index (χ4v) is 3.01. The fourth-order valence-electron chi connectivity index (χ4n) is 3.01. The topological polar surface area (TPSA) is 75.4 Å². The molecule has 1 N–H and O–H groups in total. The van der Waals surface area contributed by atoms with E-state index < -0.39 is 0 Å². The zero-order chi connectivity index (χ0) is 14.9. The number of amides is 1. The van der Waals surface area contributed by atoms with Gasteiger partial charge in [0.1, 0.15) is 5.82 Å². The number of hydrogen-bond donors (Lipinski definition) is 1. The summed E-state index contributed by atoms with van der Waals surface area (Å²) < 4.78 is 2.04. The van der Waals surface area contributed by atoms with Crippen LogP contribution in [0.5, 0.6) is 0 Å². The van der Waals surface area contributed by atoms with Crippen LogP contribution in [0.15, 0.2) is 12.4 Å². The predicted octanol–water partition coefficient (Wildman–Crippen LogP) is 1.43. The standard InChI is InChI=1S/C15H20N6O/c22-12-3-1-8-20(12)9-2-6-16-13-15-19-18-14(11-4-5-11)21(15)10-7-17-13/h7,10-11H,1-6,8-9H2,(H,16,17). The number of nitrogens with one attached hydrogen (secondary N) is 1. The van der Waals surface area contributed by atoms with Crippen molar-refractivity contribution < 1.29 is 4.79 Å². The molecule has 0 bridgehead atoms. The van der Waals surface area contributed by atoms with E-state index in [9.17, 15) is 4.79 Å². The fraction of sp³-hybridized carbons (Fsp3) is 0.600. The van der Waals surface area contributed by atoms with Gasteiger partial charge < -0.3 is 10.2 Å². The molecule has 1 aliphatic heterocycles. The maximum Gasteiger partial charge on any atom is 0.222 e. The van der Waals surface area contributed by atoms with Crippen LogP contribution in [0.25, 0.3) is 5.65 Å². The molecule has 2 aromatic rings. The van der Waals surface area contributed by atoms with Gasteiger partial charge in [-0.15, -0.1) is 10.2 Å². The van der Waals surface area contributed by atoms with E-state index in [2.05, 4.69) is 20.5 Å². The summed E-state index contributed by atoms with van der Waals surface area (Å²) in [6.07, 6.45) is 8.74. The second-order valence-corrected chi connectivity index (χ2v) is 6.07. The van der Waals surface area contributed by atoms with Gasteiger partial charge >= 0.3 is 0 Å². The number of aromatic nitrogens is 4. The minimum atomic E-state index is 0.284. The molecule has 7 nitrogen and oxygen atoms in total. The Hall–Kier alpha value is -2.18. The smallest absolute Gasteiger partial charge is 0.222 e. The number of carbonyl (C=O) groups is 1. The van der Waals surface area contributed by atoms with Crippen LogP contribution in [-0.2, 0) is 4.79 Å². The van der Waals surface area contributed by atoms with E-state index in [1.165, 1.54) is 12.8 Å². The van der Waals surface area contributed by atoms with Crippen LogP contribution >= 0.6 is 0 Å². The van der Waals surface area contributed by atoms with E-state index in [4.69, 9.17) is 0 Å². The van der Waals surface area contributed by atoms with E-state index in [-0.39, 0.29) is 5.91 Å². The SMILES string of the molecule is O=C1CCCN1CCCNc1nccn2c(C3CC3)nnc12. The summed E-state index contributed by atoms with van der Waals surface area (Å²) in [7, 11) is 0. The summed E-state index contributed by atoms with van der Waals surface area (Å²) in [5.74, 6) is 2.66. The van der Waals surface area contributed by atoms with Crippen LogP contribution in [0, 0.1) is 0 Å². The third-order valence-corrected chi connectivity index (χ3v) is 4.36. The number of rotatable bonds is 6. The first kappa shape index (κ1) is 13.5. The van der Waals surface area contributed by atoms with E-state index >= 15 is 0 Å². The molecule has 0 spiro atoms. The molecule has 2 aromatic heterocycles. The van der Waals surface area contributed by atoms with Crippen LogP contribution in [0.2, 0.25) is 0 Å². The summed E-state index contributed by atoms with van der Waals surface area (Å²) in [5, 5.41) is 11.9. The van der Waals surface area contributed by atoms with Crippen molar-refractivity contribution in [2.75, 3.05) is 25.0 Å². The molecule has 1 amide bonds. The first-order valence-electron chi connectivity index (χ1n) is 8.04. The molecule has 1 aliphatic carbocycles. The van der Waals surface area contributed by atoms with E-state index in [0.717, 1.165) is 49.8 Å². The molecule has 0 aromatic carbocycles. The molecule has 4 rings (SSSR count). The van der Waals surface area contributed by atoms with Gasteiger partial charge in [0, 0.05) is 44.4 Å². The van der Waals surface area contributed by atoms with Gasteiger partial charge in [-0.2, -0.15) is 0 Å². The Kier molecular flexibility index (Phi) is 3.40. The Morgan fingerprint density at radius 3 is 3.00 bits per heavy atom. The van der Waals surface area contributed by atoms with Gasteiger partial charge in [0.05, 0.1) is 0 Å². The number of fused-ring (bicyclic) bond motifs is 1. The molecule has 2 aliphatic rings. The largest absolute Gasteiger partial charge is 0.367 e. The lowest BCUT2D eigenvalue weighted by Gasteiger charge is -2.15. The highest BCUT2D eigenvalue weighted by molar-refractivity contribution is 5.78. The van der Waals surface area contributed by atoms with Gasteiger partial charge in [-0.05, 0) is 25.7 Å². The third kappa shape index (κ3) is 2.51. The summed E-state index contributed by atoms with van der Waals surface area (Å²) in [6, 6.07) is 0. The van der Waals surface area contributed by atoms with Gasteiger partial charge in [0.15, 0.2) is 5.82 Å². The van der Waals surface area contributed by atoms with Crippen LogP contribution < -0.4 is 5.32 Å². The maximum absolute atomic E-state index is 11.6. The lowest BCUT2D eigenvalue weighted by molar-refractivity contribution is -0.127. The minimum Gasteiger partial charge on any atom is -0.367 e. The summed E-state index contributed by atoms with van der Waals surface area (Å²) in [6.45, 7) is 2.50. The molecular weight excluding hydrogens is 280 g/mol. The lowest BCUT2D eigenvalue weighted by Crippen LogP contribution is -2.27. The summed E-state index contributed by atoms with van der Waals surface area (Å²) >= 11 is 0. The third-order valence-electron chi connectivity index (χ3n) is 4.36. The Morgan fingerprint density at radius 1 is 1.32 bits per heavy atom. The zero-order valence-corrected chi connectivity index (χ0v) is 12.5. The van der Waals surface area contributed by atoms with Crippen LogP contribution in [-0.4, -0.2) is 50.0 Å². The quantitative estimate of drug-likeness (QED) is 0.817. The number of likely N-dealkylation sites (tertiary alicyclic amines) is 1. The molecule has 0 unspecified atom stereocenters. The Morgan fingerprint density at radius 2 is 2.23 bits per heavy atom. The molecule has 22 heavy (non-hydrogen) atoms. The molecule has 0 radical (unpaired) electrons. The highest BCUT2D eigenvalue weighted by Crippen LogP contribution is 2.39. The Balaban J connectivity index is 1.38. The molecule has 1 saturated heterocycles. The van der Waals surface area contributed by atoms with Crippen molar-refractivity contribution in [1.29, 1.82) is 0 Å². The summed E-state index contributed by atoms with van der Waals surface area (Å²) in [4.78, 5) is 17.9. The molecule has 1 saturated carbocycles. The second kappa shape index (κ2) is 5.55. The molecule has 7 heteroatoms. The van der Waals surface area contributed by atoms with Gasteiger partial charge in [0.25, 0.3) is 0 Å². The zero-order valence-electron chi connectivity index (χ0n) is 12.5. The van der Waals surface area contributed by atoms with Crippen molar-refractivity contribution in [3.63, 3.8) is 0 Å². The average molecular weight is 300 g/mol. The number of hydrogen-bond acceptors (Lipinski definition) is 5. The molecule has 2 fully saturated rings. The number of nitrogens with zero attached hydrogens (tertiary/aromatic N) is 5. The van der Waals surface area contributed by atoms with Gasteiger partial charge in [-0.1, -0.05) is 0 Å².